The second-order valence-electron chi connectivity index (χ2n) is 2.57. The van der Waals surface area contributed by atoms with Crippen molar-refractivity contribution in [1.29, 1.82) is 0 Å². The molecule has 0 aromatic carbocycles. The normalized spacial score (nSPS) is 10.5. The maximum Gasteiger partial charge on any atom is 0.227 e. The highest BCUT2D eigenvalue weighted by molar-refractivity contribution is 6.31. The van der Waals surface area contributed by atoms with Crippen molar-refractivity contribution >= 4 is 23.2 Å². The molecule has 2 aromatic heterocycles. The third-order valence-electron chi connectivity index (χ3n) is 1.52. The Kier molecular flexibility index (Phi) is 2.35. The molecule has 0 aliphatic heterocycles. The lowest BCUT2D eigenvalue weighted by molar-refractivity contribution is 0.768. The quantitative estimate of drug-likeness (QED) is 0.746. The highest BCUT2D eigenvalue weighted by Gasteiger charge is 2.07. The standard InChI is InChI=1S/C7H5Cl2N5/c1-14-3-2-4(13-14)5-10-6(8)12-7(9)11-5/h2-3H,1H3. The van der Waals surface area contributed by atoms with Gasteiger partial charge in [-0.05, 0) is 29.3 Å². The molecule has 0 aliphatic rings. The molecule has 2 aromatic rings. The van der Waals surface area contributed by atoms with Crippen molar-refractivity contribution in [3.63, 3.8) is 0 Å². The van der Waals surface area contributed by atoms with Crippen LogP contribution < -0.4 is 0 Å². The minimum absolute atomic E-state index is 0.0608. The maximum atomic E-state index is 5.63. The Balaban J connectivity index is 2.51. The summed E-state index contributed by atoms with van der Waals surface area (Å²) in [5.41, 5.74) is 0.610. The van der Waals surface area contributed by atoms with Crippen molar-refractivity contribution < 1.29 is 0 Å². The Morgan fingerprint density at radius 2 is 1.79 bits per heavy atom. The fourth-order valence-corrected chi connectivity index (χ4v) is 1.34. The van der Waals surface area contributed by atoms with Crippen LogP contribution in [0.2, 0.25) is 10.6 Å². The van der Waals surface area contributed by atoms with E-state index in [9.17, 15) is 0 Å². The molecule has 2 rings (SSSR count). The maximum absolute atomic E-state index is 5.63. The molecule has 0 saturated heterocycles. The van der Waals surface area contributed by atoms with E-state index in [0.717, 1.165) is 0 Å². The number of hydrogen-bond donors (Lipinski definition) is 0. The van der Waals surface area contributed by atoms with E-state index in [1.807, 2.05) is 0 Å². The molecule has 0 bridgehead atoms. The van der Waals surface area contributed by atoms with E-state index < -0.39 is 0 Å². The highest BCUT2D eigenvalue weighted by atomic mass is 35.5. The zero-order chi connectivity index (χ0) is 10.1. The minimum Gasteiger partial charge on any atom is -0.275 e. The molecule has 0 N–H and O–H groups in total. The summed E-state index contributed by atoms with van der Waals surface area (Å²) in [5, 5.41) is 4.23. The summed E-state index contributed by atoms with van der Waals surface area (Å²) in [6.45, 7) is 0. The van der Waals surface area contributed by atoms with Gasteiger partial charge in [0.15, 0.2) is 5.82 Å². The van der Waals surface area contributed by atoms with Gasteiger partial charge in [-0.25, -0.2) is 0 Å². The summed E-state index contributed by atoms with van der Waals surface area (Å²) >= 11 is 11.3. The lowest BCUT2D eigenvalue weighted by atomic mass is 10.4. The van der Waals surface area contributed by atoms with Crippen LogP contribution in [0.25, 0.3) is 11.5 Å². The summed E-state index contributed by atoms with van der Waals surface area (Å²) in [5.74, 6) is 0.371. The molecule has 72 valence electrons. The van der Waals surface area contributed by atoms with Crippen LogP contribution >= 0.6 is 23.2 Å². The lowest BCUT2D eigenvalue weighted by Gasteiger charge is -1.95. The van der Waals surface area contributed by atoms with Gasteiger partial charge in [-0.15, -0.1) is 0 Å². The first-order valence-electron chi connectivity index (χ1n) is 3.72. The number of hydrogen-bond acceptors (Lipinski definition) is 4. The summed E-state index contributed by atoms with van der Waals surface area (Å²) in [7, 11) is 1.80. The van der Waals surface area contributed by atoms with Crippen LogP contribution in [0, 0.1) is 0 Å². The van der Waals surface area contributed by atoms with Gasteiger partial charge in [0.25, 0.3) is 0 Å². The molecule has 0 amide bonds. The topological polar surface area (TPSA) is 56.5 Å². The summed E-state index contributed by atoms with van der Waals surface area (Å²) in [6.07, 6.45) is 1.78. The summed E-state index contributed by atoms with van der Waals surface area (Å²) in [6, 6.07) is 1.77. The number of halogens is 2. The van der Waals surface area contributed by atoms with Gasteiger partial charge in [0.1, 0.15) is 5.69 Å². The van der Waals surface area contributed by atoms with Crippen molar-refractivity contribution in [2.24, 2.45) is 7.05 Å². The predicted octanol–water partition coefficient (Wildman–Crippen LogP) is 1.58. The van der Waals surface area contributed by atoms with Gasteiger partial charge in [0, 0.05) is 13.2 Å². The van der Waals surface area contributed by atoms with Gasteiger partial charge in [0.2, 0.25) is 10.6 Å². The van der Waals surface area contributed by atoms with Crippen LogP contribution in [0.15, 0.2) is 12.3 Å². The molecule has 0 radical (unpaired) electrons. The third-order valence-corrected chi connectivity index (χ3v) is 1.86. The van der Waals surface area contributed by atoms with Gasteiger partial charge < -0.3 is 0 Å². The predicted molar refractivity (Wildman–Crippen MR) is 52.0 cm³/mol. The Labute approximate surface area is 89.7 Å². The molecule has 0 aliphatic carbocycles. The first kappa shape index (κ1) is 9.36. The molecule has 5 nitrogen and oxygen atoms in total. The van der Waals surface area contributed by atoms with Crippen molar-refractivity contribution in [2.75, 3.05) is 0 Å². The van der Waals surface area contributed by atoms with Gasteiger partial charge in [-0.2, -0.15) is 20.1 Å². The van der Waals surface area contributed by atoms with Gasteiger partial charge in [0.05, 0.1) is 0 Å². The largest absolute Gasteiger partial charge is 0.275 e. The number of aryl methyl sites for hydroxylation is 1. The van der Waals surface area contributed by atoms with E-state index in [1.54, 1.807) is 24.0 Å². The van der Waals surface area contributed by atoms with Gasteiger partial charge >= 0.3 is 0 Å². The average molecular weight is 230 g/mol. The van der Waals surface area contributed by atoms with Crippen LogP contribution in [0.3, 0.4) is 0 Å². The smallest absolute Gasteiger partial charge is 0.227 e. The van der Waals surface area contributed by atoms with Crippen molar-refractivity contribution in [1.82, 2.24) is 24.7 Å². The molecular weight excluding hydrogens is 225 g/mol. The Bertz CT molecular complexity index is 447. The first-order valence-corrected chi connectivity index (χ1v) is 4.48. The van der Waals surface area contributed by atoms with Crippen LogP contribution in [0.4, 0.5) is 0 Å². The van der Waals surface area contributed by atoms with E-state index in [-0.39, 0.29) is 10.6 Å². The molecule has 14 heavy (non-hydrogen) atoms. The van der Waals surface area contributed by atoms with E-state index in [2.05, 4.69) is 20.1 Å². The number of nitrogens with zero attached hydrogens (tertiary/aromatic N) is 5. The molecule has 0 spiro atoms. The van der Waals surface area contributed by atoms with E-state index in [0.29, 0.717) is 11.5 Å². The van der Waals surface area contributed by atoms with Gasteiger partial charge in [-0.3, -0.25) is 4.68 Å². The first-order chi connectivity index (χ1) is 6.65. The second-order valence-corrected chi connectivity index (χ2v) is 3.25. The van der Waals surface area contributed by atoms with Crippen molar-refractivity contribution in [3.05, 3.63) is 22.8 Å². The highest BCUT2D eigenvalue weighted by Crippen LogP contribution is 2.15. The van der Waals surface area contributed by atoms with Crippen molar-refractivity contribution in [2.45, 2.75) is 0 Å². The zero-order valence-corrected chi connectivity index (χ0v) is 8.66. The van der Waals surface area contributed by atoms with Crippen molar-refractivity contribution in [3.8, 4) is 11.5 Å². The fraction of sp³-hybridized carbons (Fsp3) is 0.143. The van der Waals surface area contributed by atoms with E-state index in [4.69, 9.17) is 23.2 Å². The molecule has 0 saturated carbocycles. The third kappa shape index (κ3) is 1.83. The Hall–Kier alpha value is -1.20. The van der Waals surface area contributed by atoms with Crippen LogP contribution in [-0.4, -0.2) is 24.7 Å². The molecule has 7 heteroatoms. The Morgan fingerprint density at radius 1 is 1.14 bits per heavy atom. The van der Waals surface area contributed by atoms with Crippen LogP contribution in [-0.2, 0) is 7.05 Å². The number of aromatic nitrogens is 5. The zero-order valence-electron chi connectivity index (χ0n) is 7.15. The monoisotopic (exact) mass is 229 g/mol. The molecular formula is C7H5Cl2N5. The van der Waals surface area contributed by atoms with Crippen LogP contribution in [0.5, 0.6) is 0 Å². The minimum atomic E-state index is 0.0608. The van der Waals surface area contributed by atoms with E-state index >= 15 is 0 Å². The average Bonchev–Trinajstić information content (AvgIpc) is 2.50. The summed E-state index contributed by atoms with van der Waals surface area (Å²) in [4.78, 5) is 11.4. The lowest BCUT2D eigenvalue weighted by Crippen LogP contribution is -1.95. The summed E-state index contributed by atoms with van der Waals surface area (Å²) < 4.78 is 1.64. The molecule has 0 atom stereocenters. The molecule has 0 fully saturated rings. The van der Waals surface area contributed by atoms with E-state index in [1.165, 1.54) is 0 Å². The Morgan fingerprint density at radius 3 is 2.29 bits per heavy atom. The number of rotatable bonds is 1. The fourth-order valence-electron chi connectivity index (χ4n) is 0.975. The SMILES string of the molecule is Cn1ccc(-c2nc(Cl)nc(Cl)n2)n1. The molecule has 0 unspecified atom stereocenters. The van der Waals surface area contributed by atoms with Gasteiger partial charge in [-0.1, -0.05) is 0 Å². The second kappa shape index (κ2) is 3.51. The van der Waals surface area contributed by atoms with Crippen LogP contribution in [0.1, 0.15) is 0 Å². The molecule has 2 heterocycles.